The fourth-order valence-electron chi connectivity index (χ4n) is 2.48. The summed E-state index contributed by atoms with van der Waals surface area (Å²) in [7, 11) is 0. The second-order valence-electron chi connectivity index (χ2n) is 5.95. The summed E-state index contributed by atoms with van der Waals surface area (Å²) in [6, 6.07) is 13.9. The molecule has 26 heavy (non-hydrogen) atoms. The van der Waals surface area contributed by atoms with Crippen molar-refractivity contribution in [3.63, 3.8) is 0 Å². The van der Waals surface area contributed by atoms with Crippen LogP contribution < -0.4 is 5.32 Å². The number of esters is 1. The van der Waals surface area contributed by atoms with E-state index in [0.29, 0.717) is 5.56 Å². The normalized spacial score (nSPS) is 11.7. The molecule has 0 heterocycles. The molecule has 2 aromatic carbocycles. The molecule has 0 aliphatic heterocycles. The van der Waals surface area contributed by atoms with E-state index in [0.717, 1.165) is 0 Å². The molecule has 0 saturated heterocycles. The summed E-state index contributed by atoms with van der Waals surface area (Å²) in [6.07, 6.45) is -0.348. The van der Waals surface area contributed by atoms with Crippen molar-refractivity contribution in [3.8, 4) is 0 Å². The van der Waals surface area contributed by atoms with Crippen LogP contribution in [0.5, 0.6) is 0 Å². The summed E-state index contributed by atoms with van der Waals surface area (Å²) < 4.78 is 5.15. The Bertz CT molecular complexity index is 790. The van der Waals surface area contributed by atoms with Gasteiger partial charge in [-0.25, -0.2) is 0 Å². The SMILES string of the molecule is CC(C)OC(=O)CC(NC(=O)c1ccccc1[N+](=O)[O-])c1ccccc1. The quantitative estimate of drug-likeness (QED) is 0.466. The largest absolute Gasteiger partial charge is 0.463 e. The summed E-state index contributed by atoms with van der Waals surface area (Å²) in [6.45, 7) is 3.47. The van der Waals surface area contributed by atoms with E-state index in [1.165, 1.54) is 18.2 Å². The van der Waals surface area contributed by atoms with Crippen molar-refractivity contribution in [3.05, 3.63) is 75.8 Å². The van der Waals surface area contributed by atoms with Gasteiger partial charge in [-0.1, -0.05) is 42.5 Å². The van der Waals surface area contributed by atoms with E-state index in [1.807, 2.05) is 6.07 Å². The minimum absolute atomic E-state index is 0.0596. The predicted octanol–water partition coefficient (Wildman–Crippen LogP) is 3.41. The molecule has 2 rings (SSSR count). The Labute approximate surface area is 151 Å². The molecule has 1 amide bonds. The van der Waals surface area contributed by atoms with Gasteiger partial charge in [0.05, 0.1) is 23.5 Å². The van der Waals surface area contributed by atoms with Crippen LogP contribution in [0, 0.1) is 10.1 Å². The number of carbonyl (C=O) groups is 2. The Kier molecular flexibility index (Phi) is 6.43. The van der Waals surface area contributed by atoms with Crippen molar-refractivity contribution >= 4 is 17.6 Å². The first-order valence-electron chi connectivity index (χ1n) is 8.17. The molecule has 1 unspecified atom stereocenters. The number of nitrogens with zero attached hydrogens (tertiary/aromatic N) is 1. The van der Waals surface area contributed by atoms with Crippen molar-refractivity contribution in [2.24, 2.45) is 0 Å². The zero-order chi connectivity index (χ0) is 19.1. The lowest BCUT2D eigenvalue weighted by Gasteiger charge is -2.19. The number of hydrogen-bond acceptors (Lipinski definition) is 5. The second-order valence-corrected chi connectivity index (χ2v) is 5.95. The van der Waals surface area contributed by atoms with Crippen LogP contribution in [-0.2, 0) is 9.53 Å². The van der Waals surface area contributed by atoms with E-state index in [-0.39, 0.29) is 23.8 Å². The van der Waals surface area contributed by atoms with E-state index in [4.69, 9.17) is 4.74 Å². The number of ether oxygens (including phenoxy) is 1. The monoisotopic (exact) mass is 356 g/mol. The molecule has 7 heteroatoms. The van der Waals surface area contributed by atoms with Crippen molar-refractivity contribution in [2.75, 3.05) is 0 Å². The predicted molar refractivity (Wildman–Crippen MR) is 95.6 cm³/mol. The molecule has 1 atom stereocenters. The summed E-state index contributed by atoms with van der Waals surface area (Å²) in [5, 5.41) is 13.8. The number of hydrogen-bond donors (Lipinski definition) is 1. The molecule has 0 bridgehead atoms. The maximum Gasteiger partial charge on any atom is 0.308 e. The van der Waals surface area contributed by atoms with Gasteiger partial charge in [0.2, 0.25) is 0 Å². The van der Waals surface area contributed by atoms with Gasteiger partial charge in [0.25, 0.3) is 11.6 Å². The second kappa shape index (κ2) is 8.75. The van der Waals surface area contributed by atoms with Gasteiger partial charge in [-0.15, -0.1) is 0 Å². The standard InChI is InChI=1S/C19H20N2O5/c1-13(2)26-18(22)12-16(14-8-4-3-5-9-14)20-19(23)15-10-6-7-11-17(15)21(24)25/h3-11,13,16H,12H2,1-2H3,(H,20,23). The van der Waals surface area contributed by atoms with Gasteiger partial charge in [-0.05, 0) is 25.5 Å². The zero-order valence-electron chi connectivity index (χ0n) is 14.5. The molecule has 0 fully saturated rings. The van der Waals surface area contributed by atoms with Gasteiger partial charge in [0, 0.05) is 6.07 Å². The highest BCUT2D eigenvalue weighted by atomic mass is 16.6. The highest BCUT2D eigenvalue weighted by molar-refractivity contribution is 5.98. The summed E-state index contributed by atoms with van der Waals surface area (Å²) in [5.74, 6) is -1.08. The fourth-order valence-corrected chi connectivity index (χ4v) is 2.48. The number of benzene rings is 2. The number of carbonyl (C=O) groups excluding carboxylic acids is 2. The van der Waals surface area contributed by atoms with E-state index >= 15 is 0 Å². The van der Waals surface area contributed by atoms with Gasteiger partial charge in [0.15, 0.2) is 0 Å². The number of amides is 1. The maximum atomic E-state index is 12.6. The van der Waals surface area contributed by atoms with Crippen LogP contribution in [0.4, 0.5) is 5.69 Å². The highest BCUT2D eigenvalue weighted by Crippen LogP contribution is 2.22. The van der Waals surface area contributed by atoms with Gasteiger partial charge < -0.3 is 10.1 Å². The Morgan fingerprint density at radius 2 is 1.69 bits per heavy atom. The summed E-state index contributed by atoms with van der Waals surface area (Å²) in [5.41, 5.74) is 0.359. The van der Waals surface area contributed by atoms with E-state index in [1.54, 1.807) is 44.2 Å². The summed E-state index contributed by atoms with van der Waals surface area (Å²) >= 11 is 0. The molecule has 136 valence electrons. The van der Waals surface area contributed by atoms with Crippen LogP contribution in [0.15, 0.2) is 54.6 Å². The van der Waals surface area contributed by atoms with E-state index < -0.39 is 22.8 Å². The van der Waals surface area contributed by atoms with Gasteiger partial charge in [0.1, 0.15) is 5.56 Å². The minimum Gasteiger partial charge on any atom is -0.463 e. The van der Waals surface area contributed by atoms with Crippen LogP contribution in [0.3, 0.4) is 0 Å². The molecule has 0 aliphatic carbocycles. The third-order valence-corrected chi connectivity index (χ3v) is 3.59. The van der Waals surface area contributed by atoms with Gasteiger partial charge in [-0.2, -0.15) is 0 Å². The number of rotatable bonds is 7. The van der Waals surface area contributed by atoms with Crippen LogP contribution >= 0.6 is 0 Å². The van der Waals surface area contributed by atoms with Crippen LogP contribution in [0.25, 0.3) is 0 Å². The molecule has 0 aromatic heterocycles. The Hall–Kier alpha value is -3.22. The first kappa shape index (κ1) is 19.1. The lowest BCUT2D eigenvalue weighted by Crippen LogP contribution is -2.31. The van der Waals surface area contributed by atoms with Gasteiger partial charge >= 0.3 is 5.97 Å². The lowest BCUT2D eigenvalue weighted by atomic mass is 10.0. The number of nitro groups is 1. The number of nitrogens with one attached hydrogen (secondary N) is 1. The Morgan fingerprint density at radius 3 is 2.31 bits per heavy atom. The van der Waals surface area contributed by atoms with Gasteiger partial charge in [-0.3, -0.25) is 19.7 Å². The first-order valence-corrected chi connectivity index (χ1v) is 8.17. The Morgan fingerprint density at radius 1 is 1.08 bits per heavy atom. The average Bonchev–Trinajstić information content (AvgIpc) is 2.61. The van der Waals surface area contributed by atoms with Crippen molar-refractivity contribution in [1.82, 2.24) is 5.32 Å². The molecule has 0 saturated carbocycles. The lowest BCUT2D eigenvalue weighted by molar-refractivity contribution is -0.385. The van der Waals surface area contributed by atoms with Crippen molar-refractivity contribution in [2.45, 2.75) is 32.4 Å². The third-order valence-electron chi connectivity index (χ3n) is 3.59. The maximum absolute atomic E-state index is 12.6. The van der Waals surface area contributed by atoms with E-state index in [2.05, 4.69) is 5.32 Å². The smallest absolute Gasteiger partial charge is 0.308 e. The molecule has 1 N–H and O–H groups in total. The first-order chi connectivity index (χ1) is 12.4. The van der Waals surface area contributed by atoms with Crippen LogP contribution in [-0.4, -0.2) is 22.9 Å². The van der Waals surface area contributed by atoms with Crippen molar-refractivity contribution < 1.29 is 19.2 Å². The number of nitro benzene ring substituents is 1. The molecule has 0 radical (unpaired) electrons. The molecular formula is C19H20N2O5. The Balaban J connectivity index is 2.25. The minimum atomic E-state index is -0.658. The molecular weight excluding hydrogens is 336 g/mol. The molecule has 0 aliphatic rings. The van der Waals surface area contributed by atoms with Crippen LogP contribution in [0.2, 0.25) is 0 Å². The zero-order valence-corrected chi connectivity index (χ0v) is 14.5. The fraction of sp³-hybridized carbons (Fsp3) is 0.263. The number of para-hydroxylation sites is 1. The highest BCUT2D eigenvalue weighted by Gasteiger charge is 2.24. The van der Waals surface area contributed by atoms with E-state index in [9.17, 15) is 19.7 Å². The van der Waals surface area contributed by atoms with Crippen LogP contribution in [0.1, 0.15) is 42.2 Å². The molecule has 0 spiro atoms. The third kappa shape index (κ3) is 5.14. The topological polar surface area (TPSA) is 98.5 Å². The average molecular weight is 356 g/mol. The van der Waals surface area contributed by atoms with Crippen molar-refractivity contribution in [1.29, 1.82) is 0 Å². The molecule has 2 aromatic rings. The molecule has 7 nitrogen and oxygen atoms in total. The summed E-state index contributed by atoms with van der Waals surface area (Å²) in [4.78, 5) is 35.2.